The van der Waals surface area contributed by atoms with E-state index in [0.29, 0.717) is 31.7 Å². The first-order valence-corrected chi connectivity index (χ1v) is 11.3. The number of rotatable bonds is 9. The number of carbonyl (C=O) groups excluding carboxylic acids is 3. The second kappa shape index (κ2) is 11.7. The molecule has 0 aromatic heterocycles. The van der Waals surface area contributed by atoms with E-state index in [9.17, 15) is 14.4 Å². The monoisotopic (exact) mass is 447 g/mol. The molecular weight excluding hydrogens is 414 g/mol. The fourth-order valence-electron chi connectivity index (χ4n) is 4.02. The van der Waals surface area contributed by atoms with Crippen molar-refractivity contribution in [1.82, 2.24) is 10.2 Å². The fraction of sp³-hybridized carbons (Fsp3) is 0.609. The van der Waals surface area contributed by atoms with Crippen LogP contribution in [0.3, 0.4) is 0 Å². The number of fused-ring (bicyclic) bond motifs is 1. The van der Waals surface area contributed by atoms with E-state index < -0.39 is 6.10 Å². The van der Waals surface area contributed by atoms with Crippen LogP contribution >= 0.6 is 0 Å². The van der Waals surface area contributed by atoms with E-state index in [4.69, 9.17) is 14.2 Å². The van der Waals surface area contributed by atoms with Gasteiger partial charge in [-0.2, -0.15) is 0 Å². The molecule has 0 spiro atoms. The van der Waals surface area contributed by atoms with E-state index in [2.05, 4.69) is 15.5 Å². The van der Waals surface area contributed by atoms with Gasteiger partial charge in [0.2, 0.25) is 5.91 Å². The van der Waals surface area contributed by atoms with E-state index in [1.807, 2.05) is 25.1 Å². The lowest BCUT2D eigenvalue weighted by Gasteiger charge is -2.34. The summed E-state index contributed by atoms with van der Waals surface area (Å²) in [6.07, 6.45) is 2.68. The van der Waals surface area contributed by atoms with Gasteiger partial charge in [0.15, 0.2) is 0 Å². The zero-order chi connectivity index (χ0) is 22.9. The molecule has 2 heterocycles. The molecule has 0 aliphatic carbocycles. The maximum Gasteiger partial charge on any atom is 0.407 e. The maximum atomic E-state index is 11.7. The first-order valence-electron chi connectivity index (χ1n) is 11.3. The van der Waals surface area contributed by atoms with Crippen LogP contribution in [0.1, 0.15) is 45.1 Å². The normalized spacial score (nSPS) is 17.6. The molecular formula is C23H33N3O6. The van der Waals surface area contributed by atoms with Gasteiger partial charge in [-0.3, -0.25) is 14.5 Å². The van der Waals surface area contributed by atoms with Crippen LogP contribution in [0.5, 0.6) is 5.75 Å². The third-order valence-corrected chi connectivity index (χ3v) is 5.58. The number of hydrogen-bond acceptors (Lipinski definition) is 7. The molecule has 1 saturated heterocycles. The molecule has 1 atom stereocenters. The zero-order valence-electron chi connectivity index (χ0n) is 18.9. The molecule has 1 unspecified atom stereocenters. The van der Waals surface area contributed by atoms with Crippen LogP contribution in [0.25, 0.3) is 0 Å². The van der Waals surface area contributed by atoms with E-state index in [-0.39, 0.29) is 30.6 Å². The topological polar surface area (TPSA) is 106 Å². The zero-order valence-corrected chi connectivity index (χ0v) is 18.9. The van der Waals surface area contributed by atoms with Gasteiger partial charge in [-0.15, -0.1) is 0 Å². The Kier molecular flexibility index (Phi) is 8.72. The summed E-state index contributed by atoms with van der Waals surface area (Å²) in [5, 5.41) is 5.77. The molecule has 176 valence electrons. The van der Waals surface area contributed by atoms with Crippen molar-refractivity contribution in [1.29, 1.82) is 0 Å². The van der Waals surface area contributed by atoms with Crippen LogP contribution in [0.15, 0.2) is 18.2 Å². The first-order chi connectivity index (χ1) is 15.4. The Labute approximate surface area is 188 Å². The maximum absolute atomic E-state index is 11.7. The van der Waals surface area contributed by atoms with E-state index in [0.717, 1.165) is 43.6 Å². The van der Waals surface area contributed by atoms with Gasteiger partial charge < -0.3 is 24.8 Å². The van der Waals surface area contributed by atoms with Gasteiger partial charge in [0, 0.05) is 50.3 Å². The summed E-state index contributed by atoms with van der Waals surface area (Å²) < 4.78 is 16.6. The number of alkyl carbamates (subject to hydrolysis) is 1. The molecule has 2 amide bonds. The molecule has 9 heteroatoms. The number of benzene rings is 1. The van der Waals surface area contributed by atoms with Crippen molar-refractivity contribution in [3.8, 4) is 5.75 Å². The van der Waals surface area contributed by atoms with E-state index in [1.165, 1.54) is 6.92 Å². The van der Waals surface area contributed by atoms with Gasteiger partial charge in [0.25, 0.3) is 0 Å². The Morgan fingerprint density at radius 1 is 1.25 bits per heavy atom. The number of likely N-dealkylation sites (tertiary alicyclic amines) is 1. The van der Waals surface area contributed by atoms with Gasteiger partial charge >= 0.3 is 12.1 Å². The van der Waals surface area contributed by atoms with Crippen molar-refractivity contribution in [3.05, 3.63) is 23.8 Å². The van der Waals surface area contributed by atoms with Crippen LogP contribution < -0.4 is 15.4 Å². The average molecular weight is 448 g/mol. The SMILES string of the molecule is CCCOC(=O)NC1CCN(CC(COc2cccc3c2CCC(=O)N3)OC(C)=O)CC1. The second-order valence-corrected chi connectivity index (χ2v) is 8.23. The number of hydrogen-bond donors (Lipinski definition) is 2. The Bertz CT molecular complexity index is 807. The summed E-state index contributed by atoms with van der Waals surface area (Å²) in [5.41, 5.74) is 1.74. The molecule has 0 radical (unpaired) electrons. The Morgan fingerprint density at radius 2 is 2.03 bits per heavy atom. The number of piperidine rings is 1. The highest BCUT2D eigenvalue weighted by Gasteiger charge is 2.25. The van der Waals surface area contributed by atoms with Crippen molar-refractivity contribution < 1.29 is 28.6 Å². The number of nitrogens with zero attached hydrogens (tertiary/aromatic N) is 1. The number of esters is 1. The first kappa shape index (κ1) is 23.8. The van der Waals surface area contributed by atoms with Crippen LogP contribution in [-0.2, 0) is 25.5 Å². The van der Waals surface area contributed by atoms with Gasteiger partial charge in [0.1, 0.15) is 18.5 Å². The molecule has 2 N–H and O–H groups in total. The molecule has 1 fully saturated rings. The molecule has 1 aromatic carbocycles. The van der Waals surface area contributed by atoms with E-state index >= 15 is 0 Å². The fourth-order valence-corrected chi connectivity index (χ4v) is 4.02. The summed E-state index contributed by atoms with van der Waals surface area (Å²) in [5.74, 6) is 0.355. The Balaban J connectivity index is 1.50. The smallest absolute Gasteiger partial charge is 0.407 e. The summed E-state index contributed by atoms with van der Waals surface area (Å²) in [6, 6.07) is 5.66. The minimum atomic E-state index is -0.416. The van der Waals surface area contributed by atoms with Crippen molar-refractivity contribution >= 4 is 23.7 Å². The molecule has 1 aromatic rings. The number of amides is 2. The molecule has 0 saturated carbocycles. The number of anilines is 1. The van der Waals surface area contributed by atoms with Gasteiger partial charge in [-0.25, -0.2) is 4.79 Å². The summed E-state index contributed by atoms with van der Waals surface area (Å²) in [6.45, 7) is 6.12. The van der Waals surface area contributed by atoms with E-state index in [1.54, 1.807) is 0 Å². The lowest BCUT2D eigenvalue weighted by molar-refractivity contribution is -0.149. The minimum Gasteiger partial charge on any atom is -0.489 e. The molecule has 32 heavy (non-hydrogen) atoms. The molecule has 9 nitrogen and oxygen atoms in total. The minimum absolute atomic E-state index is 0.00366. The Morgan fingerprint density at radius 3 is 2.75 bits per heavy atom. The number of carbonyl (C=O) groups is 3. The summed E-state index contributed by atoms with van der Waals surface area (Å²) >= 11 is 0. The largest absolute Gasteiger partial charge is 0.489 e. The third-order valence-electron chi connectivity index (χ3n) is 5.58. The summed E-state index contributed by atoms with van der Waals surface area (Å²) in [4.78, 5) is 37.2. The van der Waals surface area contributed by atoms with Gasteiger partial charge in [0.05, 0.1) is 6.61 Å². The molecule has 0 bridgehead atoms. The standard InChI is InChI=1S/C23H33N3O6/c1-3-13-30-23(29)24-17-9-11-26(12-10-17)14-18(32-16(2)27)15-31-21-6-4-5-20-19(21)7-8-22(28)25-20/h4-6,17-18H,3,7-15H2,1-2H3,(H,24,29)(H,25,28). The van der Waals surface area contributed by atoms with Crippen molar-refractivity contribution in [3.63, 3.8) is 0 Å². The van der Waals surface area contributed by atoms with Crippen molar-refractivity contribution in [2.24, 2.45) is 0 Å². The predicted molar refractivity (Wildman–Crippen MR) is 119 cm³/mol. The molecule has 2 aliphatic rings. The third kappa shape index (κ3) is 7.12. The molecule has 3 rings (SSSR count). The van der Waals surface area contributed by atoms with Crippen LogP contribution in [0, 0.1) is 0 Å². The van der Waals surface area contributed by atoms with Crippen molar-refractivity contribution in [2.75, 3.05) is 38.2 Å². The number of nitrogens with one attached hydrogen (secondary N) is 2. The predicted octanol–water partition coefficient (Wildman–Crippen LogP) is 2.48. The molecule has 2 aliphatic heterocycles. The number of ether oxygens (including phenoxy) is 3. The Hall–Kier alpha value is -2.81. The van der Waals surface area contributed by atoms with Crippen LogP contribution in [-0.4, -0.2) is 67.9 Å². The quantitative estimate of drug-likeness (QED) is 0.560. The second-order valence-electron chi connectivity index (χ2n) is 8.23. The average Bonchev–Trinajstić information content (AvgIpc) is 2.76. The van der Waals surface area contributed by atoms with Crippen molar-refractivity contribution in [2.45, 2.75) is 58.1 Å². The van der Waals surface area contributed by atoms with Crippen LogP contribution in [0.4, 0.5) is 10.5 Å². The lowest BCUT2D eigenvalue weighted by atomic mass is 10.0. The lowest BCUT2D eigenvalue weighted by Crippen LogP contribution is -2.47. The highest BCUT2D eigenvalue weighted by molar-refractivity contribution is 5.94. The van der Waals surface area contributed by atoms with Crippen LogP contribution in [0.2, 0.25) is 0 Å². The van der Waals surface area contributed by atoms with Gasteiger partial charge in [-0.05, 0) is 37.8 Å². The highest BCUT2D eigenvalue weighted by Crippen LogP contribution is 2.31. The highest BCUT2D eigenvalue weighted by atomic mass is 16.6. The summed E-state index contributed by atoms with van der Waals surface area (Å²) in [7, 11) is 0. The van der Waals surface area contributed by atoms with Gasteiger partial charge in [-0.1, -0.05) is 13.0 Å².